The van der Waals surface area contributed by atoms with E-state index < -0.39 is 0 Å². The van der Waals surface area contributed by atoms with Gasteiger partial charge in [-0.3, -0.25) is 0 Å². The summed E-state index contributed by atoms with van der Waals surface area (Å²) in [4.78, 5) is 6.93. The standard InChI is InChI=1S/C20H19N3/c1-22-14-13-21-20(22)19-12-11-17-9-5-6-10-18(17)23(19)15-16-7-3-2-4-8-16/h2-10,12-14H,11,15H2,1H3. The summed E-state index contributed by atoms with van der Waals surface area (Å²) >= 11 is 0. The Morgan fingerprint density at radius 1 is 1.00 bits per heavy atom. The van der Waals surface area contributed by atoms with Gasteiger partial charge in [0.1, 0.15) is 0 Å². The van der Waals surface area contributed by atoms with E-state index in [0.29, 0.717) is 0 Å². The van der Waals surface area contributed by atoms with E-state index in [9.17, 15) is 0 Å². The molecule has 0 bridgehead atoms. The number of nitrogens with zero attached hydrogens (tertiary/aromatic N) is 3. The van der Waals surface area contributed by atoms with Crippen molar-refractivity contribution >= 4 is 11.4 Å². The Bertz CT molecular complexity index is 846. The van der Waals surface area contributed by atoms with Gasteiger partial charge in [-0.2, -0.15) is 0 Å². The summed E-state index contributed by atoms with van der Waals surface area (Å²) in [6, 6.07) is 19.2. The molecule has 3 heteroatoms. The number of fused-ring (bicyclic) bond motifs is 1. The minimum absolute atomic E-state index is 0.844. The van der Waals surface area contributed by atoms with Gasteiger partial charge in [0, 0.05) is 31.7 Å². The van der Waals surface area contributed by atoms with E-state index >= 15 is 0 Å². The van der Waals surface area contributed by atoms with Gasteiger partial charge in [-0.25, -0.2) is 4.98 Å². The number of hydrogen-bond acceptors (Lipinski definition) is 2. The highest BCUT2D eigenvalue weighted by atomic mass is 15.2. The lowest BCUT2D eigenvalue weighted by Gasteiger charge is -2.32. The Kier molecular flexibility index (Phi) is 3.46. The smallest absolute Gasteiger partial charge is 0.156 e. The average Bonchev–Trinajstić information content (AvgIpc) is 3.02. The first-order valence-corrected chi connectivity index (χ1v) is 7.90. The topological polar surface area (TPSA) is 21.1 Å². The number of imidazole rings is 1. The molecule has 0 saturated heterocycles. The molecule has 3 aromatic rings. The zero-order valence-electron chi connectivity index (χ0n) is 13.2. The SMILES string of the molecule is Cn1ccnc1C1=CCc2ccccc2N1Cc1ccccc1. The predicted octanol–water partition coefficient (Wildman–Crippen LogP) is 4.02. The van der Waals surface area contributed by atoms with Gasteiger partial charge in [0.15, 0.2) is 5.82 Å². The van der Waals surface area contributed by atoms with Gasteiger partial charge in [-0.15, -0.1) is 0 Å². The van der Waals surface area contributed by atoms with Crippen molar-refractivity contribution in [2.75, 3.05) is 4.90 Å². The highest BCUT2D eigenvalue weighted by Crippen LogP contribution is 2.34. The van der Waals surface area contributed by atoms with Crippen molar-refractivity contribution < 1.29 is 0 Å². The van der Waals surface area contributed by atoms with Gasteiger partial charge >= 0.3 is 0 Å². The van der Waals surface area contributed by atoms with Crippen molar-refractivity contribution in [3.8, 4) is 0 Å². The Morgan fingerprint density at radius 3 is 2.57 bits per heavy atom. The van der Waals surface area contributed by atoms with E-state index in [4.69, 9.17) is 0 Å². The quantitative estimate of drug-likeness (QED) is 0.728. The fraction of sp³-hybridized carbons (Fsp3) is 0.150. The van der Waals surface area contributed by atoms with Crippen LogP contribution < -0.4 is 4.90 Å². The maximum Gasteiger partial charge on any atom is 0.156 e. The number of allylic oxidation sites excluding steroid dienone is 1. The van der Waals surface area contributed by atoms with Crippen molar-refractivity contribution in [3.63, 3.8) is 0 Å². The van der Waals surface area contributed by atoms with E-state index in [2.05, 4.69) is 75.1 Å². The molecule has 1 aliphatic rings. The van der Waals surface area contributed by atoms with Gasteiger partial charge in [0.25, 0.3) is 0 Å². The first-order valence-electron chi connectivity index (χ1n) is 7.90. The fourth-order valence-electron chi connectivity index (χ4n) is 3.15. The summed E-state index contributed by atoms with van der Waals surface area (Å²) in [5.41, 5.74) is 5.11. The van der Waals surface area contributed by atoms with Crippen molar-refractivity contribution in [2.24, 2.45) is 7.05 Å². The molecule has 3 nitrogen and oxygen atoms in total. The minimum Gasteiger partial charge on any atom is -0.334 e. The first-order chi connectivity index (χ1) is 11.3. The molecule has 0 unspecified atom stereocenters. The Hall–Kier alpha value is -2.81. The third-order valence-electron chi connectivity index (χ3n) is 4.32. The molecular formula is C20H19N3. The van der Waals surface area contributed by atoms with Gasteiger partial charge < -0.3 is 9.47 Å². The second-order valence-corrected chi connectivity index (χ2v) is 5.86. The summed E-state index contributed by atoms with van der Waals surface area (Å²) < 4.78 is 2.08. The molecule has 0 fully saturated rings. The Labute approximate surface area is 136 Å². The van der Waals surface area contributed by atoms with E-state index in [0.717, 1.165) is 18.8 Å². The molecule has 1 aromatic heterocycles. The zero-order valence-corrected chi connectivity index (χ0v) is 13.2. The minimum atomic E-state index is 0.844. The largest absolute Gasteiger partial charge is 0.334 e. The van der Waals surface area contributed by atoms with Crippen LogP contribution in [-0.4, -0.2) is 9.55 Å². The molecule has 0 saturated carbocycles. The lowest BCUT2D eigenvalue weighted by molar-refractivity contribution is 0.856. The number of hydrogen-bond donors (Lipinski definition) is 0. The fourth-order valence-corrected chi connectivity index (χ4v) is 3.15. The lowest BCUT2D eigenvalue weighted by Crippen LogP contribution is -2.26. The molecular weight excluding hydrogens is 282 g/mol. The molecule has 0 atom stereocenters. The molecule has 0 amide bonds. The molecule has 114 valence electrons. The van der Waals surface area contributed by atoms with Crippen molar-refractivity contribution in [2.45, 2.75) is 13.0 Å². The number of para-hydroxylation sites is 1. The van der Waals surface area contributed by atoms with Crippen molar-refractivity contribution in [1.82, 2.24) is 9.55 Å². The third-order valence-corrected chi connectivity index (χ3v) is 4.32. The van der Waals surface area contributed by atoms with E-state index in [1.54, 1.807) is 0 Å². The van der Waals surface area contributed by atoms with Crippen LogP contribution in [0.4, 0.5) is 5.69 Å². The number of aromatic nitrogens is 2. The van der Waals surface area contributed by atoms with Crippen LogP contribution in [0.2, 0.25) is 0 Å². The summed E-state index contributed by atoms with van der Waals surface area (Å²) in [5.74, 6) is 1.01. The maximum atomic E-state index is 4.56. The van der Waals surface area contributed by atoms with Gasteiger partial charge in [0.2, 0.25) is 0 Å². The van der Waals surface area contributed by atoms with Crippen LogP contribution in [0.1, 0.15) is 17.0 Å². The Morgan fingerprint density at radius 2 is 1.78 bits per heavy atom. The molecule has 0 aliphatic carbocycles. The summed E-state index contributed by atoms with van der Waals surface area (Å²) in [7, 11) is 2.05. The molecule has 1 aliphatic heterocycles. The van der Waals surface area contributed by atoms with Gasteiger partial charge in [-0.1, -0.05) is 54.6 Å². The van der Waals surface area contributed by atoms with Crippen LogP contribution in [0, 0.1) is 0 Å². The van der Waals surface area contributed by atoms with Crippen molar-refractivity contribution in [1.29, 1.82) is 0 Å². The second kappa shape index (κ2) is 5.76. The molecule has 4 rings (SSSR count). The van der Waals surface area contributed by atoms with Crippen LogP contribution in [0.3, 0.4) is 0 Å². The summed E-state index contributed by atoms with van der Waals surface area (Å²) in [5, 5.41) is 0. The highest BCUT2D eigenvalue weighted by molar-refractivity contribution is 5.81. The molecule has 23 heavy (non-hydrogen) atoms. The Balaban J connectivity index is 1.79. The third kappa shape index (κ3) is 2.55. The van der Waals surface area contributed by atoms with Crippen LogP contribution in [0.5, 0.6) is 0 Å². The van der Waals surface area contributed by atoms with E-state index in [-0.39, 0.29) is 0 Å². The van der Waals surface area contributed by atoms with Crippen LogP contribution in [0.25, 0.3) is 5.70 Å². The highest BCUT2D eigenvalue weighted by Gasteiger charge is 2.23. The summed E-state index contributed by atoms with van der Waals surface area (Å²) in [6.45, 7) is 0.844. The molecule has 0 radical (unpaired) electrons. The molecule has 0 N–H and O–H groups in total. The van der Waals surface area contributed by atoms with Crippen LogP contribution in [0.15, 0.2) is 73.1 Å². The lowest BCUT2D eigenvalue weighted by atomic mass is 10.0. The monoisotopic (exact) mass is 301 g/mol. The van der Waals surface area contributed by atoms with Crippen LogP contribution in [-0.2, 0) is 20.0 Å². The number of rotatable bonds is 3. The average molecular weight is 301 g/mol. The van der Waals surface area contributed by atoms with E-state index in [1.807, 2.05) is 19.4 Å². The predicted molar refractivity (Wildman–Crippen MR) is 94.0 cm³/mol. The number of aryl methyl sites for hydroxylation is 1. The summed E-state index contributed by atoms with van der Waals surface area (Å²) in [6.07, 6.45) is 7.09. The molecule has 0 spiro atoms. The second-order valence-electron chi connectivity index (χ2n) is 5.86. The number of benzene rings is 2. The molecule has 2 aromatic carbocycles. The van der Waals surface area contributed by atoms with Crippen molar-refractivity contribution in [3.05, 3.63) is 90.0 Å². The molecule has 2 heterocycles. The maximum absolute atomic E-state index is 4.56. The normalized spacial score (nSPS) is 13.6. The first kappa shape index (κ1) is 13.8. The zero-order chi connectivity index (χ0) is 15.6. The number of anilines is 1. The van der Waals surface area contributed by atoms with Crippen LogP contribution >= 0.6 is 0 Å². The van der Waals surface area contributed by atoms with E-state index in [1.165, 1.54) is 22.5 Å². The van der Waals surface area contributed by atoms with Gasteiger partial charge in [-0.05, 0) is 23.6 Å². The van der Waals surface area contributed by atoms with Gasteiger partial charge in [0.05, 0.1) is 5.70 Å².